The molecule has 0 atom stereocenters. The lowest BCUT2D eigenvalue weighted by Crippen LogP contribution is -2.20. The van der Waals surface area contributed by atoms with Gasteiger partial charge in [0.15, 0.2) is 0 Å². The van der Waals surface area contributed by atoms with Gasteiger partial charge in [-0.05, 0) is 43.1 Å². The van der Waals surface area contributed by atoms with E-state index in [0.29, 0.717) is 6.61 Å². The van der Waals surface area contributed by atoms with Crippen LogP contribution in [0.5, 0.6) is 5.75 Å². The highest BCUT2D eigenvalue weighted by Crippen LogP contribution is 2.31. The first-order valence-electron chi connectivity index (χ1n) is 7.89. The largest absolute Gasteiger partial charge is 0.493 e. The topological polar surface area (TPSA) is 12.5 Å². The highest BCUT2D eigenvalue weighted by atomic mass is 35.5. The van der Waals surface area contributed by atoms with Crippen LogP contribution < -0.4 is 4.74 Å². The SMILES string of the molecule is CN1CCc2c(Cl)ccc(OCCc3ccccc3)c2CC1. The van der Waals surface area contributed by atoms with Crippen LogP contribution in [-0.4, -0.2) is 31.6 Å². The maximum absolute atomic E-state index is 6.39. The quantitative estimate of drug-likeness (QED) is 0.846. The van der Waals surface area contributed by atoms with Crippen LogP contribution in [0.15, 0.2) is 42.5 Å². The van der Waals surface area contributed by atoms with Gasteiger partial charge in [-0.1, -0.05) is 41.9 Å². The third-order valence-corrected chi connectivity index (χ3v) is 4.66. The molecule has 0 bridgehead atoms. The van der Waals surface area contributed by atoms with Gasteiger partial charge in [-0.3, -0.25) is 0 Å². The van der Waals surface area contributed by atoms with Gasteiger partial charge in [0.2, 0.25) is 0 Å². The molecule has 3 rings (SSSR count). The Kier molecular flexibility index (Phi) is 5.01. The normalized spacial score (nSPS) is 15.2. The molecule has 1 heterocycles. The van der Waals surface area contributed by atoms with E-state index >= 15 is 0 Å². The molecule has 0 saturated heterocycles. The van der Waals surface area contributed by atoms with E-state index < -0.39 is 0 Å². The summed E-state index contributed by atoms with van der Waals surface area (Å²) in [6.07, 6.45) is 2.94. The van der Waals surface area contributed by atoms with E-state index in [4.69, 9.17) is 16.3 Å². The van der Waals surface area contributed by atoms with E-state index in [2.05, 4.69) is 36.2 Å². The Labute approximate surface area is 137 Å². The van der Waals surface area contributed by atoms with Crippen LogP contribution in [0, 0.1) is 0 Å². The van der Waals surface area contributed by atoms with Crippen molar-refractivity contribution >= 4 is 11.6 Å². The molecular weight excluding hydrogens is 294 g/mol. The summed E-state index contributed by atoms with van der Waals surface area (Å²) in [6, 6.07) is 14.5. The first kappa shape index (κ1) is 15.4. The molecule has 2 aromatic carbocycles. The molecule has 0 N–H and O–H groups in total. The molecule has 0 aliphatic carbocycles. The highest BCUT2D eigenvalue weighted by Gasteiger charge is 2.18. The third-order valence-electron chi connectivity index (χ3n) is 4.31. The second kappa shape index (κ2) is 7.17. The predicted octanol–water partition coefficient (Wildman–Crippen LogP) is 3.99. The van der Waals surface area contributed by atoms with Crippen molar-refractivity contribution in [2.24, 2.45) is 0 Å². The summed E-state index contributed by atoms with van der Waals surface area (Å²) in [6.45, 7) is 2.82. The number of hydrogen-bond donors (Lipinski definition) is 0. The number of fused-ring (bicyclic) bond motifs is 1. The molecule has 3 heteroatoms. The van der Waals surface area contributed by atoms with E-state index in [-0.39, 0.29) is 0 Å². The fraction of sp³-hybridized carbons (Fsp3) is 0.368. The van der Waals surface area contributed by atoms with Crippen LogP contribution in [0.25, 0.3) is 0 Å². The van der Waals surface area contributed by atoms with E-state index in [1.165, 1.54) is 16.7 Å². The summed E-state index contributed by atoms with van der Waals surface area (Å²) in [4.78, 5) is 2.35. The van der Waals surface area contributed by atoms with Crippen molar-refractivity contribution in [3.63, 3.8) is 0 Å². The molecule has 0 saturated carbocycles. The monoisotopic (exact) mass is 315 g/mol. The Morgan fingerprint density at radius 2 is 1.73 bits per heavy atom. The number of ether oxygens (including phenoxy) is 1. The molecule has 0 aromatic heterocycles. The molecule has 2 aromatic rings. The fourth-order valence-corrected chi connectivity index (χ4v) is 3.23. The van der Waals surface area contributed by atoms with Crippen LogP contribution in [0.1, 0.15) is 16.7 Å². The molecule has 22 heavy (non-hydrogen) atoms. The van der Waals surface area contributed by atoms with Gasteiger partial charge in [0.05, 0.1) is 6.61 Å². The molecule has 116 valence electrons. The fourth-order valence-electron chi connectivity index (χ4n) is 2.96. The molecule has 0 unspecified atom stereocenters. The second-order valence-electron chi connectivity index (χ2n) is 5.89. The van der Waals surface area contributed by atoms with E-state index in [0.717, 1.165) is 43.1 Å². The van der Waals surface area contributed by atoms with Crippen molar-refractivity contribution < 1.29 is 4.74 Å². The lowest BCUT2D eigenvalue weighted by atomic mass is 10.0. The summed E-state index contributed by atoms with van der Waals surface area (Å²) < 4.78 is 6.08. The summed E-state index contributed by atoms with van der Waals surface area (Å²) in [5, 5.41) is 0.876. The molecular formula is C19H22ClNO. The summed E-state index contributed by atoms with van der Waals surface area (Å²) in [5.74, 6) is 1.01. The van der Waals surface area contributed by atoms with Crippen LogP contribution in [-0.2, 0) is 19.3 Å². The molecule has 0 radical (unpaired) electrons. The Hall–Kier alpha value is -1.51. The van der Waals surface area contributed by atoms with Gasteiger partial charge in [-0.2, -0.15) is 0 Å². The second-order valence-corrected chi connectivity index (χ2v) is 6.30. The van der Waals surface area contributed by atoms with Gasteiger partial charge in [0.1, 0.15) is 5.75 Å². The zero-order valence-electron chi connectivity index (χ0n) is 13.0. The predicted molar refractivity (Wildman–Crippen MR) is 92.0 cm³/mol. The molecule has 1 aliphatic heterocycles. The minimum absolute atomic E-state index is 0.702. The highest BCUT2D eigenvalue weighted by molar-refractivity contribution is 6.31. The maximum Gasteiger partial charge on any atom is 0.122 e. The van der Waals surface area contributed by atoms with E-state index in [1.807, 2.05) is 18.2 Å². The number of nitrogens with zero attached hydrogens (tertiary/aromatic N) is 1. The zero-order valence-corrected chi connectivity index (χ0v) is 13.8. The minimum Gasteiger partial charge on any atom is -0.493 e. The zero-order chi connectivity index (χ0) is 15.4. The number of likely N-dealkylation sites (N-methyl/N-ethyl adjacent to an activating group) is 1. The molecule has 1 aliphatic rings. The van der Waals surface area contributed by atoms with Gasteiger partial charge in [-0.15, -0.1) is 0 Å². The van der Waals surface area contributed by atoms with Crippen LogP contribution >= 0.6 is 11.6 Å². The van der Waals surface area contributed by atoms with Gasteiger partial charge in [0, 0.05) is 30.1 Å². The van der Waals surface area contributed by atoms with Crippen molar-refractivity contribution in [3.8, 4) is 5.75 Å². The van der Waals surface area contributed by atoms with Crippen molar-refractivity contribution in [1.29, 1.82) is 0 Å². The minimum atomic E-state index is 0.702. The number of hydrogen-bond acceptors (Lipinski definition) is 2. The number of benzene rings is 2. The Morgan fingerprint density at radius 3 is 2.50 bits per heavy atom. The molecule has 0 amide bonds. The standard InChI is InChI=1S/C19H22ClNO/c1-21-12-9-16-17(10-13-21)19(8-7-18(16)20)22-14-11-15-5-3-2-4-6-15/h2-8H,9-14H2,1H3. The first-order chi connectivity index (χ1) is 10.7. The molecule has 2 nitrogen and oxygen atoms in total. The van der Waals surface area contributed by atoms with E-state index in [9.17, 15) is 0 Å². The van der Waals surface area contributed by atoms with Gasteiger partial charge in [-0.25, -0.2) is 0 Å². The molecule has 0 spiro atoms. The Bertz CT molecular complexity index is 627. The lowest BCUT2D eigenvalue weighted by Gasteiger charge is -2.15. The van der Waals surface area contributed by atoms with Crippen molar-refractivity contribution in [2.45, 2.75) is 19.3 Å². The van der Waals surface area contributed by atoms with Crippen LogP contribution in [0.3, 0.4) is 0 Å². The summed E-state index contributed by atoms with van der Waals surface area (Å²) >= 11 is 6.39. The first-order valence-corrected chi connectivity index (χ1v) is 8.27. The molecule has 0 fully saturated rings. The maximum atomic E-state index is 6.39. The van der Waals surface area contributed by atoms with Gasteiger partial charge in [0.25, 0.3) is 0 Å². The van der Waals surface area contributed by atoms with Crippen molar-refractivity contribution in [2.75, 3.05) is 26.7 Å². The average Bonchev–Trinajstić information content (AvgIpc) is 2.74. The smallest absolute Gasteiger partial charge is 0.122 e. The van der Waals surface area contributed by atoms with Crippen molar-refractivity contribution in [3.05, 3.63) is 64.2 Å². The number of rotatable bonds is 4. The summed E-state index contributed by atoms with van der Waals surface area (Å²) in [5.41, 5.74) is 3.87. The van der Waals surface area contributed by atoms with Crippen LogP contribution in [0.4, 0.5) is 0 Å². The number of halogens is 1. The lowest BCUT2D eigenvalue weighted by molar-refractivity contribution is 0.316. The van der Waals surface area contributed by atoms with Gasteiger partial charge < -0.3 is 9.64 Å². The van der Waals surface area contributed by atoms with E-state index in [1.54, 1.807) is 0 Å². The Morgan fingerprint density at radius 1 is 1.00 bits per heavy atom. The van der Waals surface area contributed by atoms with Crippen molar-refractivity contribution in [1.82, 2.24) is 4.90 Å². The Balaban J connectivity index is 1.71. The van der Waals surface area contributed by atoms with Crippen LogP contribution in [0.2, 0.25) is 5.02 Å². The average molecular weight is 316 g/mol. The third kappa shape index (κ3) is 3.63. The van der Waals surface area contributed by atoms with Gasteiger partial charge >= 0.3 is 0 Å². The summed E-state index contributed by atoms with van der Waals surface area (Å²) in [7, 11) is 2.16.